The Labute approximate surface area is 123 Å². The monoisotopic (exact) mass is 282 g/mol. The van der Waals surface area contributed by atoms with Crippen LogP contribution in [0.25, 0.3) is 0 Å². The Balaban J connectivity index is 1.36. The number of rotatable bonds is 5. The topological polar surface area (TPSA) is 51.0 Å². The van der Waals surface area contributed by atoms with Crippen molar-refractivity contribution in [2.45, 2.75) is 38.3 Å². The van der Waals surface area contributed by atoms with E-state index in [-0.39, 0.29) is 5.91 Å². The molecule has 4 rings (SSSR count). The third-order valence-corrected chi connectivity index (χ3v) is 4.29. The average molecular weight is 282 g/mol. The normalized spacial score (nSPS) is 17.3. The lowest BCUT2D eigenvalue weighted by Gasteiger charge is -2.15. The van der Waals surface area contributed by atoms with Crippen LogP contribution in [0.1, 0.15) is 46.9 Å². The molecule has 21 heavy (non-hydrogen) atoms. The summed E-state index contributed by atoms with van der Waals surface area (Å²) < 4.78 is 2.10. The van der Waals surface area contributed by atoms with Crippen LogP contribution in [0.4, 0.5) is 0 Å². The van der Waals surface area contributed by atoms with E-state index in [1.807, 2.05) is 23.2 Å². The van der Waals surface area contributed by atoms with Gasteiger partial charge in [-0.15, -0.1) is 0 Å². The van der Waals surface area contributed by atoms with Gasteiger partial charge in [0, 0.05) is 37.1 Å². The van der Waals surface area contributed by atoms with Gasteiger partial charge >= 0.3 is 0 Å². The van der Waals surface area contributed by atoms with Gasteiger partial charge in [-0.2, -0.15) is 5.10 Å². The molecule has 1 fully saturated rings. The molecule has 2 aromatic heterocycles. The number of carbonyl (C=O) groups is 1. The van der Waals surface area contributed by atoms with Gasteiger partial charge < -0.3 is 4.90 Å². The van der Waals surface area contributed by atoms with E-state index in [0.29, 0.717) is 6.54 Å². The number of hydrogen-bond acceptors (Lipinski definition) is 3. The van der Waals surface area contributed by atoms with Gasteiger partial charge in [-0.1, -0.05) is 0 Å². The molecule has 2 aromatic rings. The predicted molar refractivity (Wildman–Crippen MR) is 77.8 cm³/mol. The summed E-state index contributed by atoms with van der Waals surface area (Å²) in [5.41, 5.74) is 3.02. The summed E-state index contributed by atoms with van der Waals surface area (Å²) in [7, 11) is 0. The second kappa shape index (κ2) is 4.98. The van der Waals surface area contributed by atoms with Gasteiger partial charge in [0.15, 0.2) is 0 Å². The number of amides is 1. The number of hydrogen-bond donors (Lipinski definition) is 0. The van der Waals surface area contributed by atoms with Crippen LogP contribution in [0.3, 0.4) is 0 Å². The maximum atomic E-state index is 12.2. The molecule has 1 saturated carbocycles. The van der Waals surface area contributed by atoms with Crippen LogP contribution < -0.4 is 0 Å². The highest BCUT2D eigenvalue weighted by Gasteiger charge is 2.28. The van der Waals surface area contributed by atoms with Crippen molar-refractivity contribution in [3.05, 3.63) is 47.5 Å². The molecule has 0 atom stereocenters. The first-order valence-electron chi connectivity index (χ1n) is 7.58. The van der Waals surface area contributed by atoms with E-state index >= 15 is 0 Å². The van der Waals surface area contributed by atoms with Crippen LogP contribution in [0.15, 0.2) is 30.6 Å². The number of aryl methyl sites for hydroxylation is 1. The molecular weight excluding hydrogens is 264 g/mol. The Morgan fingerprint density at radius 2 is 2.10 bits per heavy atom. The molecule has 3 heterocycles. The summed E-state index contributed by atoms with van der Waals surface area (Å²) in [6.45, 7) is 2.29. The third kappa shape index (κ3) is 2.33. The summed E-state index contributed by atoms with van der Waals surface area (Å²) >= 11 is 0. The Morgan fingerprint density at radius 3 is 2.90 bits per heavy atom. The van der Waals surface area contributed by atoms with Crippen molar-refractivity contribution < 1.29 is 4.79 Å². The summed E-state index contributed by atoms with van der Waals surface area (Å²) in [5, 5.41) is 4.40. The lowest BCUT2D eigenvalue weighted by atomic mass is 10.2. The van der Waals surface area contributed by atoms with Crippen LogP contribution in [0.2, 0.25) is 0 Å². The molecule has 0 N–H and O–H groups in total. The maximum absolute atomic E-state index is 12.2. The summed E-state index contributed by atoms with van der Waals surface area (Å²) in [4.78, 5) is 18.4. The Kier molecular flexibility index (Phi) is 2.98. The Hall–Kier alpha value is -2.17. The first-order chi connectivity index (χ1) is 10.3. The molecule has 0 saturated heterocycles. The molecule has 1 aliphatic carbocycles. The van der Waals surface area contributed by atoms with Gasteiger partial charge in [-0.05, 0) is 37.5 Å². The second-order valence-electron chi connectivity index (χ2n) is 5.83. The van der Waals surface area contributed by atoms with Gasteiger partial charge in [0.2, 0.25) is 0 Å². The van der Waals surface area contributed by atoms with Gasteiger partial charge in [0.1, 0.15) is 0 Å². The lowest BCUT2D eigenvalue weighted by Crippen LogP contribution is -2.26. The van der Waals surface area contributed by atoms with E-state index in [2.05, 4.69) is 20.8 Å². The molecule has 1 amide bonds. The minimum absolute atomic E-state index is 0.112. The van der Waals surface area contributed by atoms with Gasteiger partial charge in [0.25, 0.3) is 5.91 Å². The molecule has 0 unspecified atom stereocenters. The lowest BCUT2D eigenvalue weighted by molar-refractivity contribution is 0.0774. The second-order valence-corrected chi connectivity index (χ2v) is 5.83. The van der Waals surface area contributed by atoms with Gasteiger partial charge in [0.05, 0.1) is 17.8 Å². The van der Waals surface area contributed by atoms with Crippen molar-refractivity contribution in [2.24, 2.45) is 0 Å². The largest absolute Gasteiger partial charge is 0.333 e. The Bertz CT molecular complexity index is 674. The van der Waals surface area contributed by atoms with E-state index in [0.717, 1.165) is 36.7 Å². The molecule has 0 bridgehead atoms. The van der Waals surface area contributed by atoms with Crippen LogP contribution in [0, 0.1) is 0 Å². The molecule has 1 aliphatic heterocycles. The first kappa shape index (κ1) is 12.6. The number of fused-ring (bicyclic) bond motifs is 1. The standard InChI is InChI=1S/C16H18N4O/c21-16-13-3-1-7-17-14(13)11-19(16)9-2-10-20-15(6-8-18-20)12-4-5-12/h1,3,6-8,12H,2,4-5,9-11H2. The minimum atomic E-state index is 0.112. The van der Waals surface area contributed by atoms with E-state index in [4.69, 9.17) is 0 Å². The highest BCUT2D eigenvalue weighted by Crippen LogP contribution is 2.39. The summed E-state index contributed by atoms with van der Waals surface area (Å²) in [5.74, 6) is 0.829. The van der Waals surface area contributed by atoms with Crippen molar-refractivity contribution in [1.82, 2.24) is 19.7 Å². The summed E-state index contributed by atoms with van der Waals surface area (Å²) in [6, 6.07) is 5.81. The van der Waals surface area contributed by atoms with E-state index in [1.54, 1.807) is 6.20 Å². The van der Waals surface area contributed by atoms with Crippen LogP contribution in [0.5, 0.6) is 0 Å². The fourth-order valence-electron chi connectivity index (χ4n) is 3.03. The molecule has 5 nitrogen and oxygen atoms in total. The average Bonchev–Trinajstić information content (AvgIpc) is 3.16. The predicted octanol–water partition coefficient (Wildman–Crippen LogP) is 2.20. The molecular formula is C16H18N4O. The quantitative estimate of drug-likeness (QED) is 0.844. The van der Waals surface area contributed by atoms with E-state index in [9.17, 15) is 4.79 Å². The molecule has 108 valence electrons. The van der Waals surface area contributed by atoms with Crippen molar-refractivity contribution in [1.29, 1.82) is 0 Å². The maximum Gasteiger partial charge on any atom is 0.256 e. The van der Waals surface area contributed by atoms with Gasteiger partial charge in [-0.3, -0.25) is 14.5 Å². The summed E-state index contributed by atoms with van der Waals surface area (Å²) in [6.07, 6.45) is 7.14. The molecule has 5 heteroatoms. The van der Waals surface area contributed by atoms with Crippen LogP contribution >= 0.6 is 0 Å². The zero-order valence-electron chi connectivity index (χ0n) is 11.9. The van der Waals surface area contributed by atoms with Crippen molar-refractivity contribution in [2.75, 3.05) is 6.54 Å². The van der Waals surface area contributed by atoms with E-state index in [1.165, 1.54) is 18.5 Å². The minimum Gasteiger partial charge on any atom is -0.333 e. The molecule has 0 radical (unpaired) electrons. The SMILES string of the molecule is O=C1c2cccnc2CN1CCCn1nccc1C1CC1. The zero-order chi connectivity index (χ0) is 14.2. The fourth-order valence-corrected chi connectivity index (χ4v) is 3.03. The molecule has 0 spiro atoms. The highest BCUT2D eigenvalue weighted by molar-refractivity contribution is 5.97. The number of carbonyl (C=O) groups excluding carboxylic acids is 1. The third-order valence-electron chi connectivity index (χ3n) is 4.29. The van der Waals surface area contributed by atoms with Crippen molar-refractivity contribution in [3.8, 4) is 0 Å². The number of nitrogens with zero attached hydrogens (tertiary/aromatic N) is 4. The Morgan fingerprint density at radius 1 is 1.19 bits per heavy atom. The number of aromatic nitrogens is 3. The molecule has 2 aliphatic rings. The van der Waals surface area contributed by atoms with Crippen molar-refractivity contribution >= 4 is 5.91 Å². The highest BCUT2D eigenvalue weighted by atomic mass is 16.2. The molecule has 0 aromatic carbocycles. The first-order valence-corrected chi connectivity index (χ1v) is 7.58. The van der Waals surface area contributed by atoms with Crippen LogP contribution in [-0.2, 0) is 13.1 Å². The zero-order valence-corrected chi connectivity index (χ0v) is 11.9. The van der Waals surface area contributed by atoms with E-state index < -0.39 is 0 Å². The van der Waals surface area contributed by atoms with Crippen molar-refractivity contribution in [3.63, 3.8) is 0 Å². The van der Waals surface area contributed by atoms with Gasteiger partial charge in [-0.25, -0.2) is 0 Å². The van der Waals surface area contributed by atoms with Crippen LogP contribution in [-0.4, -0.2) is 32.1 Å². The number of pyridine rings is 1. The fraction of sp³-hybridized carbons (Fsp3) is 0.438. The smallest absolute Gasteiger partial charge is 0.256 e.